The number of carbonyl (C=O) groups is 1. The molecule has 1 heterocycles. The van der Waals surface area contributed by atoms with Crippen LogP contribution in [-0.2, 0) is 17.5 Å². The van der Waals surface area contributed by atoms with Crippen LogP contribution in [0.3, 0.4) is 0 Å². The predicted octanol–water partition coefficient (Wildman–Crippen LogP) is 4.69. The first-order valence-electron chi connectivity index (χ1n) is 7.88. The van der Waals surface area contributed by atoms with E-state index in [2.05, 4.69) is 10.4 Å². The largest absolute Gasteiger partial charge is 0.436 e. The van der Waals surface area contributed by atoms with Gasteiger partial charge in [0.15, 0.2) is 5.69 Å². The highest BCUT2D eigenvalue weighted by atomic mass is 35.5. The van der Waals surface area contributed by atoms with E-state index in [1.165, 1.54) is 0 Å². The number of amides is 1. The van der Waals surface area contributed by atoms with E-state index in [9.17, 15) is 18.0 Å². The Bertz CT molecular complexity index is 825. The zero-order chi connectivity index (χ0) is 18.4. The summed E-state index contributed by atoms with van der Waals surface area (Å²) in [5.41, 5.74) is 1.72. The third-order valence-electron chi connectivity index (χ3n) is 4.34. The Balaban J connectivity index is 1.85. The minimum Gasteiger partial charge on any atom is -0.324 e. The summed E-state index contributed by atoms with van der Waals surface area (Å²) in [6.45, 7) is 3.47. The number of alkyl halides is 3. The Morgan fingerprint density at radius 2 is 2.04 bits per heavy atom. The van der Waals surface area contributed by atoms with Crippen molar-refractivity contribution in [1.29, 1.82) is 0 Å². The maximum Gasteiger partial charge on any atom is 0.436 e. The lowest BCUT2D eigenvalue weighted by Crippen LogP contribution is -2.21. The molecule has 134 valence electrons. The second-order valence-corrected chi connectivity index (χ2v) is 6.65. The number of rotatable bonds is 4. The lowest BCUT2D eigenvalue weighted by atomic mass is 10.1. The summed E-state index contributed by atoms with van der Waals surface area (Å²) in [5, 5.41) is 5.90. The van der Waals surface area contributed by atoms with Crippen LogP contribution in [0.5, 0.6) is 0 Å². The molecular formula is C17H17ClF3N3O. The van der Waals surface area contributed by atoms with Gasteiger partial charge in [-0.25, -0.2) is 0 Å². The standard InChI is InChI=1S/C17H17ClF3N3O/c1-9-4-3-5-12(10(9)2)22-13(25)8-24-15(11-6-7-11)14(18)16(23-24)17(19,20)21/h3-5,11H,6-8H2,1-2H3,(H,22,25). The molecule has 2 aromatic rings. The summed E-state index contributed by atoms with van der Waals surface area (Å²) in [7, 11) is 0. The molecule has 0 spiro atoms. The highest BCUT2D eigenvalue weighted by molar-refractivity contribution is 6.32. The van der Waals surface area contributed by atoms with E-state index in [0.717, 1.165) is 28.7 Å². The van der Waals surface area contributed by atoms with Crippen LogP contribution in [-0.4, -0.2) is 15.7 Å². The van der Waals surface area contributed by atoms with Gasteiger partial charge in [-0.15, -0.1) is 0 Å². The number of carbonyl (C=O) groups excluding carboxylic acids is 1. The molecule has 0 radical (unpaired) electrons. The molecule has 1 aromatic carbocycles. The molecular weight excluding hydrogens is 355 g/mol. The summed E-state index contributed by atoms with van der Waals surface area (Å²) in [6.07, 6.45) is -3.14. The molecule has 1 N–H and O–H groups in total. The molecule has 8 heteroatoms. The molecule has 0 atom stereocenters. The van der Waals surface area contributed by atoms with Gasteiger partial charge >= 0.3 is 6.18 Å². The van der Waals surface area contributed by atoms with Gasteiger partial charge in [-0.1, -0.05) is 23.7 Å². The zero-order valence-corrected chi connectivity index (χ0v) is 14.5. The summed E-state index contributed by atoms with van der Waals surface area (Å²) in [4.78, 5) is 12.3. The van der Waals surface area contributed by atoms with Crippen molar-refractivity contribution in [3.8, 4) is 0 Å². The maximum absolute atomic E-state index is 13.0. The summed E-state index contributed by atoms with van der Waals surface area (Å²) >= 11 is 5.90. The van der Waals surface area contributed by atoms with Crippen LogP contribution in [0.15, 0.2) is 18.2 Å². The minimum atomic E-state index is -4.64. The second kappa shape index (κ2) is 6.37. The molecule has 1 aliphatic rings. The molecule has 0 unspecified atom stereocenters. The lowest BCUT2D eigenvalue weighted by molar-refractivity contribution is -0.141. The van der Waals surface area contributed by atoms with Gasteiger partial charge in [0.05, 0.1) is 10.7 Å². The van der Waals surface area contributed by atoms with Crippen molar-refractivity contribution in [3.05, 3.63) is 45.7 Å². The van der Waals surface area contributed by atoms with Crippen LogP contribution >= 0.6 is 11.6 Å². The number of anilines is 1. The fraction of sp³-hybridized carbons (Fsp3) is 0.412. The Morgan fingerprint density at radius 3 is 2.64 bits per heavy atom. The van der Waals surface area contributed by atoms with Crippen molar-refractivity contribution in [3.63, 3.8) is 0 Å². The van der Waals surface area contributed by atoms with E-state index < -0.39 is 22.8 Å². The number of halogens is 4. The van der Waals surface area contributed by atoms with Gasteiger partial charge < -0.3 is 5.32 Å². The van der Waals surface area contributed by atoms with Gasteiger partial charge in [0.2, 0.25) is 5.91 Å². The van der Waals surface area contributed by atoms with E-state index in [0.29, 0.717) is 11.4 Å². The quantitative estimate of drug-likeness (QED) is 0.847. The number of nitrogens with zero attached hydrogens (tertiary/aromatic N) is 2. The van der Waals surface area contributed by atoms with Crippen molar-refractivity contribution in [2.45, 2.75) is 45.3 Å². The van der Waals surface area contributed by atoms with Gasteiger partial charge in [-0.2, -0.15) is 18.3 Å². The van der Waals surface area contributed by atoms with Crippen LogP contribution in [0.1, 0.15) is 41.3 Å². The average molecular weight is 372 g/mol. The Labute approximate surface area is 148 Å². The van der Waals surface area contributed by atoms with E-state index in [4.69, 9.17) is 11.6 Å². The fourth-order valence-electron chi connectivity index (χ4n) is 2.71. The Kier molecular flexibility index (Phi) is 4.53. The first-order chi connectivity index (χ1) is 11.7. The molecule has 1 fully saturated rings. The third-order valence-corrected chi connectivity index (χ3v) is 4.71. The van der Waals surface area contributed by atoms with Gasteiger partial charge in [0, 0.05) is 11.6 Å². The number of aryl methyl sites for hydroxylation is 1. The van der Waals surface area contributed by atoms with Crippen molar-refractivity contribution in [1.82, 2.24) is 9.78 Å². The molecule has 4 nitrogen and oxygen atoms in total. The van der Waals surface area contributed by atoms with E-state index in [-0.39, 0.29) is 12.5 Å². The summed E-state index contributed by atoms with van der Waals surface area (Å²) in [5.74, 6) is -0.506. The fourth-order valence-corrected chi connectivity index (χ4v) is 3.11. The molecule has 0 aliphatic heterocycles. The molecule has 1 aromatic heterocycles. The number of hydrogen-bond donors (Lipinski definition) is 1. The number of benzene rings is 1. The zero-order valence-electron chi connectivity index (χ0n) is 13.7. The molecule has 0 saturated heterocycles. The molecule has 0 bridgehead atoms. The lowest BCUT2D eigenvalue weighted by Gasteiger charge is -2.11. The van der Waals surface area contributed by atoms with Crippen LogP contribution < -0.4 is 5.32 Å². The summed E-state index contributed by atoms with van der Waals surface area (Å²) in [6, 6.07) is 5.47. The topological polar surface area (TPSA) is 46.9 Å². The van der Waals surface area contributed by atoms with Gasteiger partial charge in [0.25, 0.3) is 0 Å². The van der Waals surface area contributed by atoms with Crippen molar-refractivity contribution >= 4 is 23.2 Å². The number of hydrogen-bond acceptors (Lipinski definition) is 2. The van der Waals surface area contributed by atoms with Crippen LogP contribution in [0, 0.1) is 13.8 Å². The van der Waals surface area contributed by atoms with Crippen molar-refractivity contribution in [2.24, 2.45) is 0 Å². The van der Waals surface area contributed by atoms with Crippen molar-refractivity contribution < 1.29 is 18.0 Å². The van der Waals surface area contributed by atoms with Crippen LogP contribution in [0.4, 0.5) is 18.9 Å². The molecule has 3 rings (SSSR count). The summed E-state index contributed by atoms with van der Waals surface area (Å²) < 4.78 is 40.2. The predicted molar refractivity (Wildman–Crippen MR) is 88.8 cm³/mol. The molecule has 1 aliphatic carbocycles. The third kappa shape index (κ3) is 3.66. The first kappa shape index (κ1) is 17.8. The average Bonchev–Trinajstić information content (AvgIpc) is 3.27. The highest BCUT2D eigenvalue weighted by Crippen LogP contribution is 2.46. The van der Waals surface area contributed by atoms with E-state index in [1.54, 1.807) is 12.1 Å². The first-order valence-corrected chi connectivity index (χ1v) is 8.25. The number of nitrogens with one attached hydrogen (secondary N) is 1. The van der Waals surface area contributed by atoms with Gasteiger partial charge in [-0.05, 0) is 43.9 Å². The van der Waals surface area contributed by atoms with E-state index >= 15 is 0 Å². The second-order valence-electron chi connectivity index (χ2n) is 6.27. The molecule has 25 heavy (non-hydrogen) atoms. The Hall–Kier alpha value is -2.02. The van der Waals surface area contributed by atoms with E-state index in [1.807, 2.05) is 19.9 Å². The Morgan fingerprint density at radius 1 is 1.36 bits per heavy atom. The van der Waals surface area contributed by atoms with Crippen LogP contribution in [0.25, 0.3) is 0 Å². The van der Waals surface area contributed by atoms with Gasteiger partial charge in [0.1, 0.15) is 6.54 Å². The SMILES string of the molecule is Cc1cccc(NC(=O)Cn2nc(C(F)(F)F)c(Cl)c2C2CC2)c1C. The minimum absolute atomic E-state index is 0.0652. The maximum atomic E-state index is 13.0. The molecule has 1 saturated carbocycles. The van der Waals surface area contributed by atoms with Crippen molar-refractivity contribution in [2.75, 3.05) is 5.32 Å². The monoisotopic (exact) mass is 371 g/mol. The molecule has 1 amide bonds. The van der Waals surface area contributed by atoms with Gasteiger partial charge in [-0.3, -0.25) is 9.48 Å². The van der Waals surface area contributed by atoms with Crippen LogP contribution in [0.2, 0.25) is 5.02 Å². The number of aromatic nitrogens is 2. The smallest absolute Gasteiger partial charge is 0.324 e. The normalized spacial score (nSPS) is 14.6. The highest BCUT2D eigenvalue weighted by Gasteiger charge is 2.42.